The fourth-order valence-corrected chi connectivity index (χ4v) is 10.0. The first-order chi connectivity index (χ1) is 15.8. The molecule has 34 heavy (non-hydrogen) atoms. The number of hydrogen-bond donors (Lipinski definition) is 1. The number of aliphatic hydroxyl groups is 1. The summed E-state index contributed by atoms with van der Waals surface area (Å²) in [7, 11) is -4.94. The second-order valence-electron chi connectivity index (χ2n) is 13.0. The van der Waals surface area contributed by atoms with Crippen LogP contribution in [0, 0.1) is 56.6 Å². The zero-order chi connectivity index (χ0) is 24.6. The van der Waals surface area contributed by atoms with E-state index in [9.17, 15) is 5.11 Å². The van der Waals surface area contributed by atoms with Crippen molar-refractivity contribution in [3.63, 3.8) is 0 Å². The lowest BCUT2D eigenvalue weighted by molar-refractivity contribution is -2.00. The predicted molar refractivity (Wildman–Crippen MR) is 118 cm³/mol. The minimum atomic E-state index is -4.94. The number of fused-ring (bicyclic) bond motifs is 8. The van der Waals surface area contributed by atoms with Gasteiger partial charge in [0.2, 0.25) is 0 Å². The Morgan fingerprint density at radius 2 is 1.74 bits per heavy atom. The summed E-state index contributed by atoms with van der Waals surface area (Å²) in [5, 5.41) is 10.3. The van der Waals surface area contributed by atoms with E-state index in [1.165, 1.54) is 51.5 Å². The summed E-state index contributed by atoms with van der Waals surface area (Å²) in [6, 6.07) is 0.836. The van der Waals surface area contributed by atoms with E-state index in [1.807, 2.05) is 5.71 Å². The summed E-state index contributed by atoms with van der Waals surface area (Å²) in [4.78, 5) is 0. The molecule has 7 heteroatoms. The molecule has 4 aliphatic carbocycles. The molecule has 2 aliphatic heterocycles. The minimum Gasteiger partial charge on any atom is -0.393 e. The van der Waals surface area contributed by atoms with Crippen molar-refractivity contribution in [3.05, 3.63) is 11.6 Å². The van der Waals surface area contributed by atoms with Crippen molar-refractivity contribution in [2.75, 3.05) is 6.54 Å². The first-order valence-electron chi connectivity index (χ1n) is 13.4. The molecule has 0 spiro atoms. The molecule has 6 aliphatic rings. The zero-order valence-electron chi connectivity index (χ0n) is 21.2. The molecule has 6 rings (SSSR count). The second-order valence-corrected chi connectivity index (χ2v) is 13.7. The number of halogens is 1. The average molecular weight is 496 g/mol. The minimum absolute atomic E-state index is 0.0820. The highest BCUT2D eigenvalue weighted by Crippen LogP contribution is 2.68. The van der Waals surface area contributed by atoms with Crippen LogP contribution in [0.2, 0.25) is 0 Å². The number of rotatable bonds is 0. The largest absolute Gasteiger partial charge is 0.393 e. The zero-order valence-corrected chi connectivity index (χ0v) is 21.9. The number of hydrogen-bond acceptors (Lipinski definition) is 5. The molecule has 192 valence electrons. The lowest BCUT2D eigenvalue weighted by Crippen LogP contribution is -2.68. The highest BCUT2D eigenvalue weighted by Gasteiger charge is 2.67. The fourth-order valence-electron chi connectivity index (χ4n) is 10.0. The van der Waals surface area contributed by atoms with Crippen molar-refractivity contribution in [2.24, 2.45) is 46.3 Å². The van der Waals surface area contributed by atoms with Gasteiger partial charge in [-0.05, 0) is 73.5 Å². The van der Waals surface area contributed by atoms with Crippen molar-refractivity contribution < 1.29 is 38.6 Å². The molecule has 1 N–H and O–H groups in total. The van der Waals surface area contributed by atoms with Crippen LogP contribution in [0.4, 0.5) is 0 Å². The van der Waals surface area contributed by atoms with Crippen molar-refractivity contribution >= 4 is 5.71 Å². The van der Waals surface area contributed by atoms with E-state index in [0.717, 1.165) is 54.4 Å². The molecule has 3 fully saturated rings. The number of nitrogens with zero attached hydrogens (tertiary/aromatic N) is 1. The van der Waals surface area contributed by atoms with Gasteiger partial charge in [0.25, 0.3) is 0 Å². The van der Waals surface area contributed by atoms with Gasteiger partial charge < -0.3 is 5.11 Å². The molecule has 0 bridgehead atoms. The van der Waals surface area contributed by atoms with Crippen molar-refractivity contribution in [2.45, 2.75) is 97.6 Å². The van der Waals surface area contributed by atoms with Gasteiger partial charge >= 0.3 is 0 Å². The SMILES string of the molecule is C[C@H]1CCC2=[N+](C1)[C@H]1C[C@H]3[C@@H]4CC=C5C[C@@H](O)CC[C@]5(C)[C@H]4CC[C@]3(C)[C@H]1[C@@H]2C.[O-][Cl+3]([O-])([O-])[O-]. The van der Waals surface area contributed by atoms with Gasteiger partial charge in [-0.3, -0.25) is 0 Å². The highest BCUT2D eigenvalue weighted by molar-refractivity contribution is 5.84. The van der Waals surface area contributed by atoms with Gasteiger partial charge in [0.15, 0.2) is 11.8 Å². The summed E-state index contributed by atoms with van der Waals surface area (Å²) in [6.07, 6.45) is 14.1. The van der Waals surface area contributed by atoms with Gasteiger partial charge in [0.1, 0.15) is 6.54 Å². The number of allylic oxidation sites excluding steroid dienone is 1. The molecule has 10 atom stereocenters. The van der Waals surface area contributed by atoms with Crippen molar-refractivity contribution in [1.29, 1.82) is 0 Å². The van der Waals surface area contributed by atoms with Crippen molar-refractivity contribution in [1.82, 2.24) is 0 Å². The molecule has 0 radical (unpaired) electrons. The summed E-state index contributed by atoms with van der Waals surface area (Å²) in [6.45, 7) is 11.7. The summed E-state index contributed by atoms with van der Waals surface area (Å²) in [5.41, 5.74) is 4.38. The Labute approximate surface area is 206 Å². The van der Waals surface area contributed by atoms with Gasteiger partial charge in [-0.25, -0.2) is 23.2 Å². The molecule has 6 nitrogen and oxygen atoms in total. The Bertz CT molecular complexity index is 877. The molecule has 0 aromatic carbocycles. The van der Waals surface area contributed by atoms with E-state index in [0.29, 0.717) is 10.8 Å². The maximum Gasteiger partial charge on any atom is 0.157 e. The highest BCUT2D eigenvalue weighted by atomic mass is 35.7. The summed E-state index contributed by atoms with van der Waals surface area (Å²) < 4.78 is 36.9. The van der Waals surface area contributed by atoms with Gasteiger partial charge in [0, 0.05) is 30.6 Å². The van der Waals surface area contributed by atoms with Crippen LogP contribution < -0.4 is 18.6 Å². The smallest absolute Gasteiger partial charge is 0.157 e. The Hall–Kier alpha value is -0.500. The van der Waals surface area contributed by atoms with Gasteiger partial charge in [-0.2, -0.15) is 0 Å². The lowest BCUT2D eigenvalue weighted by Gasteiger charge is -2.58. The first kappa shape index (κ1) is 25.2. The van der Waals surface area contributed by atoms with Crippen LogP contribution in [-0.4, -0.2) is 34.1 Å². The third kappa shape index (κ3) is 4.01. The molecule has 2 heterocycles. The standard InChI is InChI=1S/C27H42NO.ClHO4/c1-16-5-8-23-17(2)25-24(28(23)15-16)14-22-20-7-6-18-13-19(29)9-11-26(18,3)21(20)10-12-27(22,25)4;2-1(3,4)5/h6,16-17,19-22,24-25,29H,5,7-15H2,1-4H3;(H,2,3,4,5)/q+1;/p-1/t16-,17+,19-,20+,21-,22-,24-,25-,26-,27-;/m0./s1. The monoisotopic (exact) mass is 495 g/mol. The molecule has 3 saturated carbocycles. The topological polar surface area (TPSA) is 115 Å². The Morgan fingerprint density at radius 3 is 2.44 bits per heavy atom. The lowest BCUT2D eigenvalue weighted by atomic mass is 9.47. The van der Waals surface area contributed by atoms with Crippen LogP contribution in [0.15, 0.2) is 11.6 Å². The third-order valence-electron chi connectivity index (χ3n) is 11.4. The predicted octanol–water partition coefficient (Wildman–Crippen LogP) is 0.682. The van der Waals surface area contributed by atoms with E-state index < -0.39 is 10.2 Å². The van der Waals surface area contributed by atoms with Gasteiger partial charge in [-0.15, -0.1) is 10.2 Å². The maximum absolute atomic E-state index is 10.3. The Kier molecular flexibility index (Phi) is 6.31. The van der Waals surface area contributed by atoms with E-state index in [1.54, 1.807) is 5.57 Å². The quantitative estimate of drug-likeness (QED) is 0.392. The second kappa shape index (κ2) is 8.53. The number of aliphatic hydroxyl groups excluding tert-OH is 1. The van der Waals surface area contributed by atoms with E-state index in [4.69, 9.17) is 18.6 Å². The summed E-state index contributed by atoms with van der Waals surface area (Å²) >= 11 is 0. The Morgan fingerprint density at radius 1 is 1.03 bits per heavy atom. The molecular weight excluding hydrogens is 454 g/mol. The van der Waals surface area contributed by atoms with Gasteiger partial charge in [0.05, 0.1) is 6.10 Å². The van der Waals surface area contributed by atoms with E-state index in [-0.39, 0.29) is 6.10 Å². The molecule has 0 unspecified atom stereocenters. The van der Waals surface area contributed by atoms with Crippen LogP contribution in [0.1, 0.15) is 85.5 Å². The van der Waals surface area contributed by atoms with E-state index in [2.05, 4.69) is 38.3 Å². The normalized spacial score (nSPS) is 49.6. The molecule has 0 saturated heterocycles. The van der Waals surface area contributed by atoms with Crippen LogP contribution >= 0.6 is 0 Å². The fraction of sp³-hybridized carbons (Fsp3) is 0.889. The molecule has 0 amide bonds. The van der Waals surface area contributed by atoms with E-state index >= 15 is 0 Å². The van der Waals surface area contributed by atoms with Gasteiger partial charge in [-0.1, -0.05) is 39.3 Å². The molecule has 0 aromatic heterocycles. The third-order valence-corrected chi connectivity index (χ3v) is 11.4. The first-order valence-corrected chi connectivity index (χ1v) is 14.7. The molecule has 0 aromatic rings. The van der Waals surface area contributed by atoms with Crippen LogP contribution in [0.5, 0.6) is 0 Å². The van der Waals surface area contributed by atoms with Crippen LogP contribution in [0.25, 0.3) is 0 Å². The maximum atomic E-state index is 10.3. The summed E-state index contributed by atoms with van der Waals surface area (Å²) in [5.74, 6) is 5.26. The Balaban J connectivity index is 0.000000439. The van der Waals surface area contributed by atoms with Crippen LogP contribution in [0.3, 0.4) is 0 Å². The average Bonchev–Trinajstić information content (AvgIpc) is 3.19. The van der Waals surface area contributed by atoms with Crippen LogP contribution in [-0.2, 0) is 0 Å². The molecular formula is C27H42ClNO5. The van der Waals surface area contributed by atoms with Crippen molar-refractivity contribution in [3.8, 4) is 0 Å².